The Morgan fingerprint density at radius 1 is 1.28 bits per heavy atom. The Bertz CT molecular complexity index is 641. The van der Waals surface area contributed by atoms with E-state index in [0.717, 1.165) is 63.0 Å². The molecule has 0 atom stereocenters. The van der Waals surface area contributed by atoms with E-state index < -0.39 is 5.54 Å². The third kappa shape index (κ3) is 4.23. The van der Waals surface area contributed by atoms with Gasteiger partial charge in [-0.05, 0) is 50.7 Å². The fourth-order valence-electron chi connectivity index (χ4n) is 3.74. The summed E-state index contributed by atoms with van der Waals surface area (Å²) in [6.07, 6.45) is 4.77. The highest BCUT2D eigenvalue weighted by molar-refractivity contribution is 5.83. The summed E-state index contributed by atoms with van der Waals surface area (Å²) in [5, 5.41) is 25.2. The van der Waals surface area contributed by atoms with Crippen molar-refractivity contribution in [2.45, 2.75) is 50.2 Å². The molecule has 1 saturated carbocycles. The Morgan fingerprint density at radius 2 is 1.96 bits per heavy atom. The van der Waals surface area contributed by atoms with Gasteiger partial charge in [0.2, 0.25) is 5.91 Å². The first-order chi connectivity index (χ1) is 12.1. The number of rotatable bonds is 5. The van der Waals surface area contributed by atoms with Crippen LogP contribution >= 0.6 is 0 Å². The summed E-state index contributed by atoms with van der Waals surface area (Å²) in [7, 11) is 0. The number of para-hydroxylation sites is 2. The van der Waals surface area contributed by atoms with Crippen LogP contribution in [-0.4, -0.2) is 42.3 Å². The van der Waals surface area contributed by atoms with Gasteiger partial charge in [-0.15, -0.1) is 0 Å². The molecule has 3 rings (SSSR count). The van der Waals surface area contributed by atoms with Crippen molar-refractivity contribution in [1.82, 2.24) is 5.32 Å². The fourth-order valence-corrected chi connectivity index (χ4v) is 3.74. The van der Waals surface area contributed by atoms with E-state index in [1.165, 1.54) is 0 Å². The van der Waals surface area contributed by atoms with E-state index in [0.29, 0.717) is 0 Å². The van der Waals surface area contributed by atoms with Crippen LogP contribution in [0.4, 0.5) is 11.4 Å². The van der Waals surface area contributed by atoms with Gasteiger partial charge in [0.25, 0.3) is 0 Å². The molecule has 25 heavy (non-hydrogen) atoms. The molecule has 2 fully saturated rings. The number of nitrogens with one attached hydrogen (secondary N) is 2. The largest absolute Gasteiger partial charge is 0.393 e. The van der Waals surface area contributed by atoms with Crippen molar-refractivity contribution in [3.05, 3.63) is 24.3 Å². The molecule has 1 heterocycles. The number of carbonyl (C=O) groups is 1. The van der Waals surface area contributed by atoms with Crippen molar-refractivity contribution >= 4 is 17.3 Å². The summed E-state index contributed by atoms with van der Waals surface area (Å²) in [4.78, 5) is 14.5. The van der Waals surface area contributed by atoms with E-state index in [4.69, 9.17) is 0 Å². The molecule has 0 radical (unpaired) electrons. The highest BCUT2D eigenvalue weighted by atomic mass is 16.3. The van der Waals surface area contributed by atoms with Gasteiger partial charge in [-0.2, -0.15) is 5.26 Å². The van der Waals surface area contributed by atoms with Crippen molar-refractivity contribution in [1.29, 1.82) is 5.26 Å². The normalized spacial score (nSPS) is 20.1. The van der Waals surface area contributed by atoms with Crippen LogP contribution in [0.2, 0.25) is 0 Å². The van der Waals surface area contributed by atoms with Gasteiger partial charge in [0.1, 0.15) is 5.54 Å². The monoisotopic (exact) mass is 342 g/mol. The second-order valence-corrected chi connectivity index (χ2v) is 7.04. The number of amides is 1. The first-order valence-electron chi connectivity index (χ1n) is 9.10. The standard InChI is InChI=1S/C19H26N4O2/c20-14-19(9-3-4-10-19)22-18(25)13-21-16-5-1-2-6-17(16)23-11-7-15(24)8-12-23/h1-2,5-6,15,21,24H,3-4,7-13H2,(H,22,25). The lowest BCUT2D eigenvalue weighted by Gasteiger charge is -2.33. The molecule has 6 heteroatoms. The molecule has 2 aliphatic rings. The number of aliphatic hydroxyl groups is 1. The molecule has 1 aliphatic heterocycles. The molecule has 1 amide bonds. The molecule has 6 nitrogen and oxygen atoms in total. The number of hydrogen-bond acceptors (Lipinski definition) is 5. The SMILES string of the molecule is N#CC1(NC(=O)CNc2ccccc2N2CCC(O)CC2)CCCC1. The molecule has 0 aromatic heterocycles. The lowest BCUT2D eigenvalue weighted by molar-refractivity contribution is -0.120. The molecule has 0 bridgehead atoms. The van der Waals surface area contributed by atoms with Crippen LogP contribution in [0.1, 0.15) is 38.5 Å². The number of benzene rings is 1. The molecule has 1 aromatic rings. The summed E-state index contributed by atoms with van der Waals surface area (Å²) in [6.45, 7) is 1.77. The van der Waals surface area contributed by atoms with Crippen molar-refractivity contribution < 1.29 is 9.90 Å². The molecule has 3 N–H and O–H groups in total. The summed E-state index contributed by atoms with van der Waals surface area (Å²) in [6, 6.07) is 10.2. The molecule has 0 unspecified atom stereocenters. The van der Waals surface area contributed by atoms with Crippen LogP contribution in [0, 0.1) is 11.3 Å². The Kier molecular flexibility index (Phi) is 5.44. The topological polar surface area (TPSA) is 88.4 Å². The highest BCUT2D eigenvalue weighted by Gasteiger charge is 2.35. The maximum atomic E-state index is 12.3. The zero-order chi connectivity index (χ0) is 17.7. The minimum Gasteiger partial charge on any atom is -0.393 e. The van der Waals surface area contributed by atoms with Gasteiger partial charge in [-0.1, -0.05) is 12.1 Å². The van der Waals surface area contributed by atoms with Crippen LogP contribution in [-0.2, 0) is 4.79 Å². The summed E-state index contributed by atoms with van der Waals surface area (Å²) >= 11 is 0. The number of nitrogens with zero attached hydrogens (tertiary/aromatic N) is 2. The fraction of sp³-hybridized carbons (Fsp3) is 0.579. The van der Waals surface area contributed by atoms with Crippen LogP contribution in [0.25, 0.3) is 0 Å². The van der Waals surface area contributed by atoms with Gasteiger partial charge in [0, 0.05) is 13.1 Å². The first-order valence-corrected chi connectivity index (χ1v) is 9.10. The zero-order valence-corrected chi connectivity index (χ0v) is 14.5. The number of nitriles is 1. The van der Waals surface area contributed by atoms with Crippen LogP contribution < -0.4 is 15.5 Å². The maximum Gasteiger partial charge on any atom is 0.240 e. The molecule has 0 spiro atoms. The van der Waals surface area contributed by atoms with E-state index in [1.807, 2.05) is 24.3 Å². The second kappa shape index (κ2) is 7.75. The third-order valence-corrected chi connectivity index (χ3v) is 5.20. The molecule has 1 aliphatic carbocycles. The van der Waals surface area contributed by atoms with Crippen molar-refractivity contribution in [3.63, 3.8) is 0 Å². The quantitative estimate of drug-likeness (QED) is 0.762. The molecule has 1 aromatic carbocycles. The number of carbonyl (C=O) groups excluding carboxylic acids is 1. The average molecular weight is 342 g/mol. The summed E-state index contributed by atoms with van der Waals surface area (Å²) in [5.41, 5.74) is 1.28. The van der Waals surface area contributed by atoms with Gasteiger partial charge in [0.05, 0.1) is 30.1 Å². The molecular formula is C19H26N4O2. The molecular weight excluding hydrogens is 316 g/mol. The Hall–Kier alpha value is -2.26. The minimum atomic E-state index is -0.679. The molecule has 134 valence electrons. The lowest BCUT2D eigenvalue weighted by Crippen LogP contribution is -2.47. The number of aliphatic hydroxyl groups excluding tert-OH is 1. The predicted molar refractivity (Wildman–Crippen MR) is 97.3 cm³/mol. The van der Waals surface area contributed by atoms with E-state index in [2.05, 4.69) is 21.6 Å². The Balaban J connectivity index is 1.60. The number of piperidine rings is 1. The average Bonchev–Trinajstić information content (AvgIpc) is 3.10. The lowest BCUT2D eigenvalue weighted by atomic mass is 10.00. The second-order valence-electron chi connectivity index (χ2n) is 7.04. The minimum absolute atomic E-state index is 0.146. The number of hydrogen-bond donors (Lipinski definition) is 3. The van der Waals surface area contributed by atoms with Gasteiger partial charge < -0.3 is 20.6 Å². The Morgan fingerprint density at radius 3 is 2.64 bits per heavy atom. The van der Waals surface area contributed by atoms with Gasteiger partial charge in [-0.25, -0.2) is 0 Å². The van der Waals surface area contributed by atoms with Crippen molar-refractivity contribution in [2.75, 3.05) is 29.9 Å². The highest BCUT2D eigenvalue weighted by Crippen LogP contribution is 2.30. The summed E-state index contributed by atoms with van der Waals surface area (Å²) < 4.78 is 0. The van der Waals surface area contributed by atoms with E-state index >= 15 is 0 Å². The van der Waals surface area contributed by atoms with Crippen LogP contribution in [0.3, 0.4) is 0 Å². The van der Waals surface area contributed by atoms with Crippen molar-refractivity contribution in [3.8, 4) is 6.07 Å². The van der Waals surface area contributed by atoms with Crippen LogP contribution in [0.5, 0.6) is 0 Å². The first kappa shape index (κ1) is 17.6. The van der Waals surface area contributed by atoms with Gasteiger partial charge >= 0.3 is 0 Å². The Labute approximate surface area is 148 Å². The molecule has 1 saturated heterocycles. The van der Waals surface area contributed by atoms with E-state index in [-0.39, 0.29) is 18.6 Å². The van der Waals surface area contributed by atoms with Crippen molar-refractivity contribution in [2.24, 2.45) is 0 Å². The summed E-state index contributed by atoms with van der Waals surface area (Å²) in [5.74, 6) is -0.146. The smallest absolute Gasteiger partial charge is 0.240 e. The van der Waals surface area contributed by atoms with E-state index in [1.54, 1.807) is 0 Å². The third-order valence-electron chi connectivity index (χ3n) is 5.20. The predicted octanol–water partition coefficient (Wildman–Crippen LogP) is 2.01. The van der Waals surface area contributed by atoms with Gasteiger partial charge in [-0.3, -0.25) is 4.79 Å². The zero-order valence-electron chi connectivity index (χ0n) is 14.5. The maximum absolute atomic E-state index is 12.3. The van der Waals surface area contributed by atoms with Crippen LogP contribution in [0.15, 0.2) is 24.3 Å². The van der Waals surface area contributed by atoms with Gasteiger partial charge in [0.15, 0.2) is 0 Å². The number of anilines is 2. The van der Waals surface area contributed by atoms with E-state index in [9.17, 15) is 15.2 Å².